The first kappa shape index (κ1) is 17.3. The summed E-state index contributed by atoms with van der Waals surface area (Å²) < 4.78 is 11.1. The fourth-order valence-electron chi connectivity index (χ4n) is 3.21. The summed E-state index contributed by atoms with van der Waals surface area (Å²) in [5.74, 6) is 1.89. The van der Waals surface area contributed by atoms with Crippen molar-refractivity contribution in [1.29, 1.82) is 0 Å². The van der Waals surface area contributed by atoms with Crippen molar-refractivity contribution in [3.05, 3.63) is 59.8 Å². The molecule has 0 bridgehead atoms. The van der Waals surface area contributed by atoms with Crippen molar-refractivity contribution < 1.29 is 14.6 Å². The van der Waals surface area contributed by atoms with Gasteiger partial charge in [0, 0.05) is 5.41 Å². The molecule has 0 radical (unpaired) electrons. The van der Waals surface area contributed by atoms with Gasteiger partial charge in [0.15, 0.2) is 0 Å². The SMILES string of the molecule is CCC1(C(O)c2c(C)n[nH]c2Oc2ccc(OC)cc2)C=CC=CC1. The predicted octanol–water partition coefficient (Wildman–Crippen LogP) is 4.46. The van der Waals surface area contributed by atoms with E-state index in [0.717, 1.165) is 24.3 Å². The summed E-state index contributed by atoms with van der Waals surface area (Å²) in [6.07, 6.45) is 9.08. The molecule has 0 amide bonds. The van der Waals surface area contributed by atoms with Gasteiger partial charge in [0.25, 0.3) is 0 Å². The largest absolute Gasteiger partial charge is 0.497 e. The lowest BCUT2D eigenvalue weighted by molar-refractivity contribution is 0.0531. The number of benzene rings is 1. The highest BCUT2D eigenvalue weighted by atomic mass is 16.5. The standard InChI is InChI=1S/C20H24N2O3/c1-4-20(12-6-5-7-13-20)18(23)17-14(2)21-22-19(17)25-16-10-8-15(24-3)9-11-16/h5-12,18,23H,4,13H2,1-3H3,(H,21,22). The lowest BCUT2D eigenvalue weighted by atomic mass is 9.72. The Bertz CT molecular complexity index is 777. The average molecular weight is 340 g/mol. The van der Waals surface area contributed by atoms with E-state index in [1.165, 1.54) is 0 Å². The second kappa shape index (κ2) is 7.15. The Labute approximate surface area is 148 Å². The molecular weight excluding hydrogens is 316 g/mol. The molecule has 132 valence electrons. The number of aromatic nitrogens is 2. The Morgan fingerprint density at radius 3 is 2.56 bits per heavy atom. The molecule has 2 unspecified atom stereocenters. The number of ether oxygens (including phenoxy) is 2. The molecule has 1 aromatic carbocycles. The Morgan fingerprint density at radius 1 is 1.24 bits per heavy atom. The molecule has 1 aliphatic rings. The topological polar surface area (TPSA) is 67.4 Å². The van der Waals surface area contributed by atoms with E-state index in [4.69, 9.17) is 9.47 Å². The highest BCUT2D eigenvalue weighted by Gasteiger charge is 2.38. The number of methoxy groups -OCH3 is 1. The molecule has 3 rings (SSSR count). The number of hydrogen-bond donors (Lipinski definition) is 2. The van der Waals surface area contributed by atoms with Crippen molar-refractivity contribution in [2.45, 2.75) is 32.8 Å². The molecule has 0 fully saturated rings. The quantitative estimate of drug-likeness (QED) is 0.814. The van der Waals surface area contributed by atoms with E-state index in [2.05, 4.69) is 29.3 Å². The molecule has 0 saturated heterocycles. The van der Waals surface area contributed by atoms with Gasteiger partial charge in [-0.25, -0.2) is 5.10 Å². The molecule has 2 atom stereocenters. The van der Waals surface area contributed by atoms with Crippen LogP contribution in [0.3, 0.4) is 0 Å². The van der Waals surface area contributed by atoms with Gasteiger partial charge in [-0.3, -0.25) is 0 Å². The van der Waals surface area contributed by atoms with Crippen LogP contribution in [-0.2, 0) is 0 Å². The van der Waals surface area contributed by atoms with E-state index in [9.17, 15) is 5.11 Å². The van der Waals surface area contributed by atoms with Crippen LogP contribution in [-0.4, -0.2) is 22.4 Å². The van der Waals surface area contributed by atoms with Gasteiger partial charge < -0.3 is 14.6 Å². The molecule has 0 aliphatic heterocycles. The molecular formula is C20H24N2O3. The van der Waals surface area contributed by atoms with Gasteiger partial charge in [0.1, 0.15) is 11.5 Å². The number of nitrogens with zero attached hydrogens (tertiary/aromatic N) is 1. The number of H-pyrrole nitrogens is 1. The Morgan fingerprint density at radius 2 is 1.96 bits per heavy atom. The van der Waals surface area contributed by atoms with Crippen molar-refractivity contribution >= 4 is 0 Å². The van der Waals surface area contributed by atoms with Crippen LogP contribution >= 0.6 is 0 Å². The van der Waals surface area contributed by atoms with Gasteiger partial charge in [0.2, 0.25) is 5.88 Å². The van der Waals surface area contributed by atoms with Gasteiger partial charge >= 0.3 is 0 Å². The zero-order chi connectivity index (χ0) is 17.9. The van der Waals surface area contributed by atoms with Crippen molar-refractivity contribution in [3.63, 3.8) is 0 Å². The number of aliphatic hydroxyl groups excluding tert-OH is 1. The fraction of sp³-hybridized carbons (Fsp3) is 0.350. The third-order valence-electron chi connectivity index (χ3n) is 4.89. The fourth-order valence-corrected chi connectivity index (χ4v) is 3.21. The second-order valence-corrected chi connectivity index (χ2v) is 6.31. The van der Waals surface area contributed by atoms with E-state index in [-0.39, 0.29) is 5.41 Å². The van der Waals surface area contributed by atoms with Crippen LogP contribution in [0.1, 0.15) is 37.1 Å². The van der Waals surface area contributed by atoms with Crippen molar-refractivity contribution in [1.82, 2.24) is 10.2 Å². The number of nitrogens with one attached hydrogen (secondary N) is 1. The summed E-state index contributed by atoms with van der Waals surface area (Å²) >= 11 is 0. The number of allylic oxidation sites excluding steroid dienone is 3. The first-order valence-corrected chi connectivity index (χ1v) is 8.49. The zero-order valence-corrected chi connectivity index (χ0v) is 14.8. The number of hydrogen-bond acceptors (Lipinski definition) is 4. The normalized spacial score (nSPS) is 20.5. The first-order valence-electron chi connectivity index (χ1n) is 8.49. The minimum atomic E-state index is -0.703. The summed E-state index contributed by atoms with van der Waals surface area (Å²) in [6.45, 7) is 3.97. The summed E-state index contributed by atoms with van der Waals surface area (Å²) in [4.78, 5) is 0. The molecule has 0 spiro atoms. The molecule has 5 heteroatoms. The van der Waals surface area contributed by atoms with Crippen LogP contribution in [0, 0.1) is 12.3 Å². The average Bonchev–Trinajstić information content (AvgIpc) is 3.02. The van der Waals surface area contributed by atoms with Gasteiger partial charge in [-0.15, -0.1) is 0 Å². The van der Waals surface area contributed by atoms with Gasteiger partial charge in [0.05, 0.1) is 24.5 Å². The minimum absolute atomic E-state index is 0.346. The number of rotatable bonds is 6. The lowest BCUT2D eigenvalue weighted by Crippen LogP contribution is -2.27. The maximum atomic E-state index is 11.2. The summed E-state index contributed by atoms with van der Waals surface area (Å²) in [6, 6.07) is 7.31. The summed E-state index contributed by atoms with van der Waals surface area (Å²) in [5, 5.41) is 18.3. The monoisotopic (exact) mass is 340 g/mol. The third kappa shape index (κ3) is 3.33. The maximum absolute atomic E-state index is 11.2. The van der Waals surface area contributed by atoms with Gasteiger partial charge in [-0.1, -0.05) is 31.2 Å². The van der Waals surface area contributed by atoms with E-state index in [1.807, 2.05) is 43.3 Å². The smallest absolute Gasteiger partial charge is 0.221 e. The van der Waals surface area contributed by atoms with Crippen LogP contribution < -0.4 is 9.47 Å². The van der Waals surface area contributed by atoms with E-state index < -0.39 is 6.10 Å². The maximum Gasteiger partial charge on any atom is 0.221 e. The van der Waals surface area contributed by atoms with Gasteiger partial charge in [-0.05, 0) is 44.0 Å². The Hall–Kier alpha value is -2.53. The number of aryl methyl sites for hydroxylation is 1. The molecule has 1 aliphatic carbocycles. The molecule has 2 N–H and O–H groups in total. The molecule has 5 nitrogen and oxygen atoms in total. The number of aromatic amines is 1. The van der Waals surface area contributed by atoms with Crippen molar-refractivity contribution in [2.75, 3.05) is 7.11 Å². The van der Waals surface area contributed by atoms with Gasteiger partial charge in [-0.2, -0.15) is 5.10 Å². The van der Waals surface area contributed by atoms with Crippen LogP contribution in [0.15, 0.2) is 48.6 Å². The predicted molar refractivity (Wildman–Crippen MR) is 97.0 cm³/mol. The Balaban J connectivity index is 1.90. The molecule has 2 aromatic rings. The van der Waals surface area contributed by atoms with E-state index in [0.29, 0.717) is 17.2 Å². The van der Waals surface area contributed by atoms with Crippen molar-refractivity contribution in [3.8, 4) is 17.4 Å². The second-order valence-electron chi connectivity index (χ2n) is 6.31. The van der Waals surface area contributed by atoms with Crippen LogP contribution in [0.25, 0.3) is 0 Å². The molecule has 25 heavy (non-hydrogen) atoms. The first-order chi connectivity index (χ1) is 12.1. The lowest BCUT2D eigenvalue weighted by Gasteiger charge is -2.35. The van der Waals surface area contributed by atoms with Crippen LogP contribution in [0.2, 0.25) is 0 Å². The van der Waals surface area contributed by atoms with E-state index in [1.54, 1.807) is 7.11 Å². The molecule has 1 aromatic heterocycles. The van der Waals surface area contributed by atoms with Crippen LogP contribution in [0.5, 0.6) is 17.4 Å². The summed E-state index contributed by atoms with van der Waals surface area (Å²) in [7, 11) is 1.62. The zero-order valence-electron chi connectivity index (χ0n) is 14.8. The van der Waals surface area contributed by atoms with E-state index >= 15 is 0 Å². The highest BCUT2D eigenvalue weighted by molar-refractivity contribution is 5.40. The highest BCUT2D eigenvalue weighted by Crippen LogP contribution is 2.47. The minimum Gasteiger partial charge on any atom is -0.497 e. The van der Waals surface area contributed by atoms with Crippen molar-refractivity contribution in [2.24, 2.45) is 5.41 Å². The number of aliphatic hydroxyl groups is 1. The molecule has 1 heterocycles. The Kier molecular flexibility index (Phi) is 4.95. The molecule has 0 saturated carbocycles. The third-order valence-corrected chi connectivity index (χ3v) is 4.89. The summed E-state index contributed by atoms with van der Waals surface area (Å²) in [5.41, 5.74) is 1.10. The van der Waals surface area contributed by atoms with Crippen LogP contribution in [0.4, 0.5) is 0 Å².